The Labute approximate surface area is 203 Å². The van der Waals surface area contributed by atoms with E-state index in [4.69, 9.17) is 9.47 Å². The number of likely N-dealkylation sites (N-methyl/N-ethyl adjacent to an activating group) is 1. The number of ether oxygens (including phenoxy) is 2. The zero-order chi connectivity index (χ0) is 24.9. The molecule has 0 spiro atoms. The molecule has 0 saturated heterocycles. The van der Waals surface area contributed by atoms with E-state index < -0.39 is 0 Å². The molecule has 3 aromatic carbocycles. The molecule has 2 N–H and O–H groups in total. The number of ketones is 1. The Kier molecular flexibility index (Phi) is 7.12. The van der Waals surface area contributed by atoms with Crippen LogP contribution >= 0.6 is 0 Å². The molecule has 180 valence electrons. The van der Waals surface area contributed by atoms with Crippen LogP contribution in [-0.2, 0) is 4.79 Å². The fourth-order valence-corrected chi connectivity index (χ4v) is 3.81. The molecule has 0 aliphatic carbocycles. The molecule has 0 bridgehead atoms. The van der Waals surface area contributed by atoms with Crippen LogP contribution in [0.1, 0.15) is 46.2 Å². The molecule has 0 aromatic heterocycles. The minimum atomic E-state index is -0.269. The van der Waals surface area contributed by atoms with Crippen molar-refractivity contribution < 1.29 is 23.9 Å². The minimum Gasteiger partial charge on any atom is -0.454 e. The molecule has 1 aliphatic heterocycles. The van der Waals surface area contributed by atoms with Crippen molar-refractivity contribution in [2.45, 2.75) is 19.9 Å². The molecule has 2 amide bonds. The van der Waals surface area contributed by atoms with Crippen molar-refractivity contribution in [3.63, 3.8) is 0 Å². The number of Topliss-reactive ketones (excluding diaryl/α,β-unsaturated/α-hetero) is 1. The third-order valence-corrected chi connectivity index (χ3v) is 5.88. The molecule has 8 heteroatoms. The molecule has 4 rings (SSSR count). The number of rotatable bonds is 8. The number of carbonyl (C=O) groups excluding carboxylic acids is 3. The zero-order valence-corrected chi connectivity index (χ0v) is 19.8. The molecule has 1 atom stereocenters. The second kappa shape index (κ2) is 10.4. The highest BCUT2D eigenvalue weighted by Crippen LogP contribution is 2.37. The Hall–Kier alpha value is -4.17. The number of hydrogen-bond donors (Lipinski definition) is 2. The summed E-state index contributed by atoms with van der Waals surface area (Å²) >= 11 is 0. The van der Waals surface area contributed by atoms with E-state index in [0.717, 1.165) is 5.56 Å². The van der Waals surface area contributed by atoms with Crippen LogP contribution in [-0.4, -0.2) is 42.9 Å². The van der Waals surface area contributed by atoms with Gasteiger partial charge in [0.1, 0.15) is 0 Å². The third-order valence-electron chi connectivity index (χ3n) is 5.88. The smallest absolute Gasteiger partial charge is 0.255 e. The maximum absolute atomic E-state index is 12.8. The van der Waals surface area contributed by atoms with Crippen LogP contribution < -0.4 is 20.1 Å². The summed E-state index contributed by atoms with van der Waals surface area (Å²) in [6.45, 7) is 3.58. The minimum absolute atomic E-state index is 0.0786. The summed E-state index contributed by atoms with van der Waals surface area (Å²) in [5, 5.41) is 5.73. The second-order valence-electron chi connectivity index (χ2n) is 8.39. The number of carbonyl (C=O) groups is 3. The number of hydrogen-bond acceptors (Lipinski definition) is 6. The summed E-state index contributed by atoms with van der Waals surface area (Å²) < 4.78 is 10.7. The van der Waals surface area contributed by atoms with E-state index in [2.05, 4.69) is 10.6 Å². The van der Waals surface area contributed by atoms with Crippen molar-refractivity contribution in [2.75, 3.05) is 31.0 Å². The number of fused-ring (bicyclic) bond motifs is 1. The molecular formula is C27H27N3O5. The van der Waals surface area contributed by atoms with Gasteiger partial charge in [-0.15, -0.1) is 0 Å². The maximum Gasteiger partial charge on any atom is 0.255 e. The Bertz CT molecular complexity index is 1260. The number of amides is 2. The lowest BCUT2D eigenvalue weighted by molar-refractivity contribution is -0.117. The monoisotopic (exact) mass is 473 g/mol. The van der Waals surface area contributed by atoms with Gasteiger partial charge < -0.3 is 20.1 Å². The van der Waals surface area contributed by atoms with Crippen LogP contribution in [0.15, 0.2) is 66.7 Å². The molecule has 1 heterocycles. The van der Waals surface area contributed by atoms with E-state index in [9.17, 15) is 14.4 Å². The van der Waals surface area contributed by atoms with E-state index in [0.29, 0.717) is 34.0 Å². The van der Waals surface area contributed by atoms with Gasteiger partial charge in [0.25, 0.3) is 5.91 Å². The Morgan fingerprint density at radius 3 is 2.37 bits per heavy atom. The van der Waals surface area contributed by atoms with Crippen LogP contribution in [0, 0.1) is 0 Å². The number of anilines is 2. The van der Waals surface area contributed by atoms with E-state index in [1.807, 2.05) is 61.3 Å². The van der Waals surface area contributed by atoms with Crippen molar-refractivity contribution in [1.82, 2.24) is 4.90 Å². The molecule has 1 unspecified atom stereocenters. The van der Waals surface area contributed by atoms with Crippen molar-refractivity contribution in [3.05, 3.63) is 83.4 Å². The lowest BCUT2D eigenvalue weighted by Crippen LogP contribution is -2.32. The molecule has 35 heavy (non-hydrogen) atoms. The Morgan fingerprint density at radius 1 is 0.943 bits per heavy atom. The predicted molar refractivity (Wildman–Crippen MR) is 133 cm³/mol. The number of nitrogens with zero attached hydrogens (tertiary/aromatic N) is 1. The fraction of sp³-hybridized carbons (Fsp3) is 0.222. The first kappa shape index (κ1) is 24.0. The van der Waals surface area contributed by atoms with Crippen molar-refractivity contribution >= 4 is 29.0 Å². The molecule has 0 radical (unpaired) electrons. The van der Waals surface area contributed by atoms with Gasteiger partial charge in [0, 0.05) is 28.9 Å². The molecule has 8 nitrogen and oxygen atoms in total. The second-order valence-corrected chi connectivity index (χ2v) is 8.39. The standard InChI is InChI=1S/C27H27N3O5/c1-17(20-10-7-11-21(12-20)28-27(33)19-8-5-4-6-9-19)30(3)15-26(32)29-23-14-25-24(34-16-35-25)13-22(23)18(2)31/h4-14,17H,15-16H2,1-3H3,(H,28,33)(H,29,32). The van der Waals surface area contributed by atoms with Gasteiger partial charge in [0.05, 0.1) is 12.2 Å². The zero-order valence-electron chi connectivity index (χ0n) is 19.8. The van der Waals surface area contributed by atoms with Crippen LogP contribution in [0.25, 0.3) is 0 Å². The van der Waals surface area contributed by atoms with E-state index in [-0.39, 0.29) is 37.0 Å². The van der Waals surface area contributed by atoms with Gasteiger partial charge in [0.2, 0.25) is 12.7 Å². The van der Waals surface area contributed by atoms with Crippen LogP contribution in [0.2, 0.25) is 0 Å². The molecule has 0 saturated carbocycles. The van der Waals surface area contributed by atoms with Gasteiger partial charge in [-0.2, -0.15) is 0 Å². The first-order valence-electron chi connectivity index (χ1n) is 11.2. The summed E-state index contributed by atoms with van der Waals surface area (Å²) in [7, 11) is 1.84. The normalized spacial score (nSPS) is 12.8. The number of nitrogens with one attached hydrogen (secondary N) is 2. The molecule has 3 aromatic rings. The van der Waals surface area contributed by atoms with Gasteiger partial charge in [0.15, 0.2) is 17.3 Å². The van der Waals surface area contributed by atoms with Crippen molar-refractivity contribution in [2.24, 2.45) is 0 Å². The lowest BCUT2D eigenvalue weighted by Gasteiger charge is -2.25. The average Bonchev–Trinajstić information content (AvgIpc) is 3.31. The van der Waals surface area contributed by atoms with Crippen LogP contribution in [0.5, 0.6) is 11.5 Å². The molecule has 0 fully saturated rings. The lowest BCUT2D eigenvalue weighted by atomic mass is 10.1. The average molecular weight is 474 g/mol. The maximum atomic E-state index is 12.8. The number of benzene rings is 3. The highest BCUT2D eigenvalue weighted by Gasteiger charge is 2.22. The van der Waals surface area contributed by atoms with Gasteiger partial charge in [-0.1, -0.05) is 30.3 Å². The summed E-state index contributed by atoms with van der Waals surface area (Å²) in [6, 6.07) is 19.6. The van der Waals surface area contributed by atoms with Crippen molar-refractivity contribution in [3.8, 4) is 11.5 Å². The van der Waals surface area contributed by atoms with E-state index >= 15 is 0 Å². The van der Waals surface area contributed by atoms with Gasteiger partial charge >= 0.3 is 0 Å². The van der Waals surface area contributed by atoms with Gasteiger partial charge in [-0.3, -0.25) is 19.3 Å². The highest BCUT2D eigenvalue weighted by molar-refractivity contribution is 6.05. The van der Waals surface area contributed by atoms with Crippen LogP contribution in [0.4, 0.5) is 11.4 Å². The summed E-state index contributed by atoms with van der Waals surface area (Å²) in [5.74, 6) is 0.330. The summed E-state index contributed by atoms with van der Waals surface area (Å²) in [6.07, 6.45) is 0. The summed E-state index contributed by atoms with van der Waals surface area (Å²) in [4.78, 5) is 39.2. The highest BCUT2D eigenvalue weighted by atomic mass is 16.7. The largest absolute Gasteiger partial charge is 0.454 e. The third kappa shape index (κ3) is 5.67. The first-order valence-corrected chi connectivity index (χ1v) is 11.2. The molecular weight excluding hydrogens is 446 g/mol. The Balaban J connectivity index is 1.41. The van der Waals surface area contributed by atoms with Gasteiger partial charge in [-0.25, -0.2) is 0 Å². The topological polar surface area (TPSA) is 97.0 Å². The fourth-order valence-electron chi connectivity index (χ4n) is 3.81. The molecule has 1 aliphatic rings. The van der Waals surface area contributed by atoms with E-state index in [1.54, 1.807) is 24.3 Å². The first-order chi connectivity index (χ1) is 16.8. The summed E-state index contributed by atoms with van der Waals surface area (Å²) in [5.41, 5.74) is 2.94. The van der Waals surface area contributed by atoms with Crippen molar-refractivity contribution in [1.29, 1.82) is 0 Å². The predicted octanol–water partition coefficient (Wildman–Crippen LogP) is 4.50. The van der Waals surface area contributed by atoms with Gasteiger partial charge in [-0.05, 0) is 56.8 Å². The van der Waals surface area contributed by atoms with Crippen LogP contribution in [0.3, 0.4) is 0 Å². The SMILES string of the molecule is CC(=O)c1cc2c(cc1NC(=O)CN(C)C(C)c1cccc(NC(=O)c3ccccc3)c1)OCO2. The Morgan fingerprint density at radius 2 is 1.66 bits per heavy atom. The van der Waals surface area contributed by atoms with E-state index in [1.165, 1.54) is 6.92 Å². The quantitative estimate of drug-likeness (QED) is 0.468.